The molecule has 0 spiro atoms. The van der Waals surface area contributed by atoms with E-state index in [1.54, 1.807) is 0 Å². The minimum atomic E-state index is -0.0873. The largest absolute Gasteiger partial charge is 0.408 e. The van der Waals surface area contributed by atoms with Gasteiger partial charge in [-0.3, -0.25) is 0 Å². The predicted octanol–water partition coefficient (Wildman–Crippen LogP) is 0.940. The Balaban J connectivity index is 1.91. The van der Waals surface area contributed by atoms with E-state index in [0.29, 0.717) is 30.9 Å². The van der Waals surface area contributed by atoms with E-state index in [0.717, 1.165) is 19.4 Å². The highest BCUT2D eigenvalue weighted by Gasteiger charge is 2.29. The lowest BCUT2D eigenvalue weighted by atomic mass is 9.94. The van der Waals surface area contributed by atoms with Crippen molar-refractivity contribution < 1.29 is 9.15 Å². The average molecular weight is 240 g/mol. The maximum Gasteiger partial charge on any atom is 0.315 e. The van der Waals surface area contributed by atoms with Gasteiger partial charge in [0.15, 0.2) is 0 Å². The van der Waals surface area contributed by atoms with Crippen LogP contribution in [0.1, 0.15) is 32.6 Å². The fourth-order valence-electron chi connectivity index (χ4n) is 2.07. The Morgan fingerprint density at radius 3 is 3.00 bits per heavy atom. The van der Waals surface area contributed by atoms with Gasteiger partial charge >= 0.3 is 6.01 Å². The highest BCUT2D eigenvalue weighted by atomic mass is 16.5. The molecule has 2 heterocycles. The van der Waals surface area contributed by atoms with Crippen LogP contribution in [0.15, 0.2) is 4.42 Å². The molecule has 2 rings (SSSR count). The summed E-state index contributed by atoms with van der Waals surface area (Å²) in [5.41, 5.74) is 5.34. The second-order valence-corrected chi connectivity index (χ2v) is 4.98. The van der Waals surface area contributed by atoms with Crippen LogP contribution in [0.5, 0.6) is 0 Å². The molecule has 1 atom stereocenters. The van der Waals surface area contributed by atoms with Crippen molar-refractivity contribution in [2.75, 3.05) is 18.5 Å². The minimum absolute atomic E-state index is 0.0873. The highest BCUT2D eigenvalue weighted by molar-refractivity contribution is 5.20. The standard InChI is InChI=1S/C11H20N4O2/c1-11(2)7-8(4-6-16-11)13-10-15-14-9(17-10)3-5-12/h8H,3-7,12H2,1-2H3,(H,13,15). The topological polar surface area (TPSA) is 86.2 Å². The number of aromatic nitrogens is 2. The molecule has 6 heteroatoms. The molecule has 1 fully saturated rings. The Hall–Kier alpha value is -1.14. The lowest BCUT2D eigenvalue weighted by molar-refractivity contribution is -0.0555. The number of nitrogens with zero attached hydrogens (tertiary/aromatic N) is 2. The normalized spacial score (nSPS) is 23.6. The molecule has 17 heavy (non-hydrogen) atoms. The van der Waals surface area contributed by atoms with Crippen LogP contribution in [0.4, 0.5) is 6.01 Å². The fourth-order valence-corrected chi connectivity index (χ4v) is 2.07. The molecule has 0 bridgehead atoms. The minimum Gasteiger partial charge on any atom is -0.408 e. The van der Waals surface area contributed by atoms with E-state index in [4.69, 9.17) is 14.9 Å². The summed E-state index contributed by atoms with van der Waals surface area (Å²) in [6.07, 6.45) is 2.51. The van der Waals surface area contributed by atoms with Crippen LogP contribution in [0, 0.1) is 0 Å². The van der Waals surface area contributed by atoms with Crippen molar-refractivity contribution in [3.05, 3.63) is 5.89 Å². The molecule has 1 aliphatic heterocycles. The van der Waals surface area contributed by atoms with E-state index in [2.05, 4.69) is 29.4 Å². The van der Waals surface area contributed by atoms with E-state index >= 15 is 0 Å². The second kappa shape index (κ2) is 5.01. The predicted molar refractivity (Wildman–Crippen MR) is 63.7 cm³/mol. The van der Waals surface area contributed by atoms with Gasteiger partial charge in [-0.05, 0) is 26.7 Å². The Morgan fingerprint density at radius 2 is 2.29 bits per heavy atom. The first kappa shape index (κ1) is 12.3. The van der Waals surface area contributed by atoms with Gasteiger partial charge in [-0.25, -0.2) is 0 Å². The van der Waals surface area contributed by atoms with Crippen LogP contribution < -0.4 is 11.1 Å². The molecular weight excluding hydrogens is 220 g/mol. The van der Waals surface area contributed by atoms with Crippen molar-refractivity contribution in [2.45, 2.75) is 44.8 Å². The summed E-state index contributed by atoms with van der Waals surface area (Å²) in [4.78, 5) is 0. The number of hydrogen-bond acceptors (Lipinski definition) is 6. The molecule has 0 aromatic carbocycles. The van der Waals surface area contributed by atoms with Gasteiger partial charge in [0.1, 0.15) is 0 Å². The van der Waals surface area contributed by atoms with Crippen LogP contribution in [0.2, 0.25) is 0 Å². The molecule has 1 aromatic rings. The molecule has 0 radical (unpaired) electrons. The molecule has 1 aliphatic rings. The first-order valence-electron chi connectivity index (χ1n) is 6.02. The summed E-state index contributed by atoms with van der Waals surface area (Å²) < 4.78 is 11.1. The zero-order chi connectivity index (χ0) is 12.3. The monoisotopic (exact) mass is 240 g/mol. The fraction of sp³-hybridized carbons (Fsp3) is 0.818. The lowest BCUT2D eigenvalue weighted by Gasteiger charge is -2.35. The van der Waals surface area contributed by atoms with E-state index in [-0.39, 0.29) is 5.60 Å². The van der Waals surface area contributed by atoms with E-state index in [1.165, 1.54) is 0 Å². The molecule has 1 saturated heterocycles. The molecule has 3 N–H and O–H groups in total. The van der Waals surface area contributed by atoms with Crippen molar-refractivity contribution >= 4 is 6.01 Å². The van der Waals surface area contributed by atoms with Gasteiger partial charge in [0.2, 0.25) is 5.89 Å². The van der Waals surface area contributed by atoms with Crippen molar-refractivity contribution in [3.63, 3.8) is 0 Å². The summed E-state index contributed by atoms with van der Waals surface area (Å²) in [5, 5.41) is 11.1. The van der Waals surface area contributed by atoms with Crippen LogP contribution in [-0.4, -0.2) is 35.0 Å². The Kier molecular flexibility index (Phi) is 3.63. The van der Waals surface area contributed by atoms with E-state index < -0.39 is 0 Å². The van der Waals surface area contributed by atoms with Gasteiger partial charge in [0, 0.05) is 25.6 Å². The van der Waals surface area contributed by atoms with Gasteiger partial charge in [-0.15, -0.1) is 5.10 Å². The maximum atomic E-state index is 5.65. The molecule has 0 aliphatic carbocycles. The first-order chi connectivity index (χ1) is 8.09. The number of nitrogens with two attached hydrogens (primary N) is 1. The number of rotatable bonds is 4. The SMILES string of the molecule is CC1(C)CC(Nc2nnc(CCN)o2)CCO1. The van der Waals surface area contributed by atoms with Gasteiger partial charge in [0.05, 0.1) is 5.60 Å². The van der Waals surface area contributed by atoms with E-state index in [1.807, 2.05) is 0 Å². The number of hydrogen-bond donors (Lipinski definition) is 2. The van der Waals surface area contributed by atoms with Crippen molar-refractivity contribution in [1.29, 1.82) is 0 Å². The maximum absolute atomic E-state index is 5.65. The zero-order valence-corrected chi connectivity index (χ0v) is 10.4. The van der Waals surface area contributed by atoms with Gasteiger partial charge < -0.3 is 20.2 Å². The number of anilines is 1. The lowest BCUT2D eigenvalue weighted by Crippen LogP contribution is -2.40. The molecule has 1 aromatic heterocycles. The molecule has 96 valence electrons. The smallest absolute Gasteiger partial charge is 0.315 e. The summed E-state index contributed by atoms with van der Waals surface area (Å²) in [6.45, 7) is 5.46. The average Bonchev–Trinajstić information content (AvgIpc) is 2.64. The van der Waals surface area contributed by atoms with E-state index in [9.17, 15) is 0 Å². The summed E-state index contributed by atoms with van der Waals surface area (Å²) in [5.74, 6) is 0.585. The quantitative estimate of drug-likeness (QED) is 0.814. The van der Waals surface area contributed by atoms with Crippen molar-refractivity contribution in [1.82, 2.24) is 10.2 Å². The first-order valence-corrected chi connectivity index (χ1v) is 6.02. The van der Waals surface area contributed by atoms with Crippen LogP contribution in [0.3, 0.4) is 0 Å². The Labute approximate surface area is 101 Å². The molecule has 6 nitrogen and oxygen atoms in total. The van der Waals surface area contributed by atoms with Crippen molar-refractivity contribution in [3.8, 4) is 0 Å². The molecular formula is C11H20N4O2. The van der Waals surface area contributed by atoms with Gasteiger partial charge in [-0.2, -0.15) is 0 Å². The summed E-state index contributed by atoms with van der Waals surface area (Å²) in [7, 11) is 0. The second-order valence-electron chi connectivity index (χ2n) is 4.98. The zero-order valence-electron chi connectivity index (χ0n) is 10.4. The van der Waals surface area contributed by atoms with Gasteiger partial charge in [0.25, 0.3) is 0 Å². The third kappa shape index (κ3) is 3.41. The highest BCUT2D eigenvalue weighted by Crippen LogP contribution is 2.25. The van der Waals surface area contributed by atoms with Crippen LogP contribution in [0.25, 0.3) is 0 Å². The van der Waals surface area contributed by atoms with Crippen LogP contribution >= 0.6 is 0 Å². The number of ether oxygens (including phenoxy) is 1. The Bertz CT molecular complexity index is 364. The third-order valence-electron chi connectivity index (χ3n) is 2.85. The Morgan fingerprint density at radius 1 is 1.47 bits per heavy atom. The summed E-state index contributed by atoms with van der Waals surface area (Å²) >= 11 is 0. The summed E-state index contributed by atoms with van der Waals surface area (Å²) in [6, 6.07) is 0.807. The van der Waals surface area contributed by atoms with Gasteiger partial charge in [-0.1, -0.05) is 5.10 Å². The molecule has 0 saturated carbocycles. The molecule has 1 unspecified atom stereocenters. The third-order valence-corrected chi connectivity index (χ3v) is 2.85. The van der Waals surface area contributed by atoms with Crippen molar-refractivity contribution in [2.24, 2.45) is 5.73 Å². The number of nitrogens with one attached hydrogen (secondary N) is 1. The molecule has 0 amide bonds. The van der Waals surface area contributed by atoms with Crippen LogP contribution in [-0.2, 0) is 11.2 Å².